The predicted molar refractivity (Wildman–Crippen MR) is 107 cm³/mol. The number of nitrogens with one attached hydrogen (secondary N) is 1. The SMILES string of the molecule is Cn1nccc1-c1ccccc1CNCC1(F)CCC(C(=O)O)CC1.O=C(O)C(F)(F)F. The van der Waals surface area contributed by atoms with Gasteiger partial charge < -0.3 is 15.5 Å². The van der Waals surface area contributed by atoms with Crippen molar-refractivity contribution >= 4 is 11.9 Å². The van der Waals surface area contributed by atoms with Crippen molar-refractivity contribution in [2.24, 2.45) is 13.0 Å². The molecule has 0 saturated heterocycles. The molecular formula is C21H25F4N3O4. The van der Waals surface area contributed by atoms with Crippen LogP contribution in [0, 0.1) is 5.92 Å². The number of aliphatic carboxylic acids is 2. The van der Waals surface area contributed by atoms with E-state index in [1.807, 2.05) is 42.1 Å². The van der Waals surface area contributed by atoms with E-state index in [9.17, 15) is 22.4 Å². The fraction of sp³-hybridized carbons (Fsp3) is 0.476. The molecule has 1 saturated carbocycles. The minimum atomic E-state index is -5.08. The maximum absolute atomic E-state index is 14.9. The van der Waals surface area contributed by atoms with E-state index in [-0.39, 0.29) is 6.54 Å². The molecule has 0 amide bonds. The Labute approximate surface area is 182 Å². The van der Waals surface area contributed by atoms with E-state index in [1.54, 1.807) is 6.20 Å². The van der Waals surface area contributed by atoms with Crippen molar-refractivity contribution in [3.63, 3.8) is 0 Å². The summed E-state index contributed by atoms with van der Waals surface area (Å²) in [5.74, 6) is -3.96. The van der Waals surface area contributed by atoms with Crippen LogP contribution in [0.25, 0.3) is 11.3 Å². The van der Waals surface area contributed by atoms with Crippen molar-refractivity contribution in [1.29, 1.82) is 0 Å². The highest BCUT2D eigenvalue weighted by atomic mass is 19.4. The third-order valence-electron chi connectivity index (χ3n) is 5.34. The standard InChI is InChI=1S/C19H24FN3O2.C2HF3O2/c1-23-17(8-11-22-23)16-5-3-2-4-15(16)12-21-13-19(20)9-6-14(7-10-19)18(24)25;3-2(4,5)1(6)7/h2-5,8,11,14,21H,6-7,9-10,12-13H2,1H3,(H,24,25);(H,6,7). The lowest BCUT2D eigenvalue weighted by Crippen LogP contribution is -2.40. The highest BCUT2D eigenvalue weighted by Gasteiger charge is 2.38. The molecule has 0 bridgehead atoms. The van der Waals surface area contributed by atoms with E-state index < -0.39 is 29.7 Å². The van der Waals surface area contributed by atoms with Crippen LogP contribution in [0.4, 0.5) is 17.6 Å². The second-order valence-electron chi connectivity index (χ2n) is 7.67. The summed E-state index contributed by atoms with van der Waals surface area (Å²) in [6.07, 6.45) is -1.88. The summed E-state index contributed by atoms with van der Waals surface area (Å²) in [5.41, 5.74) is 1.88. The molecule has 0 spiro atoms. The number of alkyl halides is 4. The van der Waals surface area contributed by atoms with Crippen molar-refractivity contribution < 1.29 is 37.4 Å². The molecule has 0 atom stereocenters. The third kappa shape index (κ3) is 7.04. The molecule has 1 fully saturated rings. The first-order valence-electron chi connectivity index (χ1n) is 9.92. The highest BCUT2D eigenvalue weighted by molar-refractivity contribution is 5.73. The number of carboxylic acids is 2. The summed E-state index contributed by atoms with van der Waals surface area (Å²) >= 11 is 0. The van der Waals surface area contributed by atoms with Crippen molar-refractivity contribution in [2.75, 3.05) is 6.54 Å². The Morgan fingerprint density at radius 3 is 2.28 bits per heavy atom. The number of carbonyl (C=O) groups is 2. The van der Waals surface area contributed by atoms with E-state index in [2.05, 4.69) is 10.4 Å². The molecule has 7 nitrogen and oxygen atoms in total. The first-order chi connectivity index (χ1) is 14.9. The van der Waals surface area contributed by atoms with Gasteiger partial charge in [0.2, 0.25) is 0 Å². The van der Waals surface area contributed by atoms with Crippen LogP contribution in [-0.2, 0) is 23.2 Å². The first kappa shape index (κ1) is 25.3. The number of hydrogen-bond donors (Lipinski definition) is 3. The lowest BCUT2D eigenvalue weighted by Gasteiger charge is -2.32. The average molecular weight is 459 g/mol. The topological polar surface area (TPSA) is 104 Å². The van der Waals surface area contributed by atoms with Crippen molar-refractivity contribution in [3.05, 3.63) is 42.1 Å². The zero-order chi connectivity index (χ0) is 23.9. The summed E-state index contributed by atoms with van der Waals surface area (Å²) in [5, 5.41) is 23.6. The summed E-state index contributed by atoms with van der Waals surface area (Å²) in [7, 11) is 1.90. The van der Waals surface area contributed by atoms with E-state index in [1.165, 1.54) is 0 Å². The number of aryl methyl sites for hydroxylation is 1. The number of halogens is 4. The lowest BCUT2D eigenvalue weighted by molar-refractivity contribution is -0.192. The molecule has 0 aliphatic heterocycles. The molecule has 1 aromatic heterocycles. The molecule has 176 valence electrons. The van der Waals surface area contributed by atoms with Gasteiger partial charge in [-0.1, -0.05) is 24.3 Å². The molecule has 0 unspecified atom stereocenters. The van der Waals surface area contributed by atoms with Gasteiger partial charge >= 0.3 is 18.1 Å². The van der Waals surface area contributed by atoms with Crippen LogP contribution in [0.1, 0.15) is 31.2 Å². The maximum atomic E-state index is 14.9. The Bertz CT molecular complexity index is 922. The fourth-order valence-corrected chi connectivity index (χ4v) is 3.54. The molecular weight excluding hydrogens is 434 g/mol. The van der Waals surface area contributed by atoms with Gasteiger partial charge in [-0.3, -0.25) is 9.48 Å². The second-order valence-corrected chi connectivity index (χ2v) is 7.67. The van der Waals surface area contributed by atoms with Gasteiger partial charge in [0, 0.05) is 31.9 Å². The molecule has 11 heteroatoms. The van der Waals surface area contributed by atoms with Gasteiger partial charge in [0.1, 0.15) is 5.67 Å². The molecule has 3 N–H and O–H groups in total. The van der Waals surface area contributed by atoms with Gasteiger partial charge in [0.25, 0.3) is 0 Å². The van der Waals surface area contributed by atoms with E-state index >= 15 is 0 Å². The normalized spacial score (nSPS) is 20.8. The van der Waals surface area contributed by atoms with Gasteiger partial charge in [-0.2, -0.15) is 18.3 Å². The quantitative estimate of drug-likeness (QED) is 0.568. The first-order valence-corrected chi connectivity index (χ1v) is 9.92. The molecule has 0 radical (unpaired) electrons. The van der Waals surface area contributed by atoms with Crippen molar-refractivity contribution in [1.82, 2.24) is 15.1 Å². The van der Waals surface area contributed by atoms with Crippen LogP contribution in [0.2, 0.25) is 0 Å². The minimum Gasteiger partial charge on any atom is -0.481 e. The number of hydrogen-bond acceptors (Lipinski definition) is 4. The monoisotopic (exact) mass is 459 g/mol. The van der Waals surface area contributed by atoms with Crippen LogP contribution < -0.4 is 5.32 Å². The van der Waals surface area contributed by atoms with E-state index in [4.69, 9.17) is 15.0 Å². The average Bonchev–Trinajstić information content (AvgIpc) is 3.14. The van der Waals surface area contributed by atoms with Gasteiger partial charge in [0.05, 0.1) is 11.6 Å². The minimum absolute atomic E-state index is 0.249. The number of benzene rings is 1. The molecule has 1 aliphatic rings. The van der Waals surface area contributed by atoms with Crippen LogP contribution in [0.3, 0.4) is 0 Å². The Balaban J connectivity index is 0.000000451. The number of nitrogens with zero attached hydrogens (tertiary/aromatic N) is 2. The molecule has 1 aromatic carbocycles. The lowest BCUT2D eigenvalue weighted by atomic mass is 9.80. The summed E-state index contributed by atoms with van der Waals surface area (Å²) in [6, 6.07) is 9.98. The predicted octanol–water partition coefficient (Wildman–Crippen LogP) is 3.79. The van der Waals surface area contributed by atoms with E-state index in [0.29, 0.717) is 32.2 Å². The zero-order valence-electron chi connectivity index (χ0n) is 17.4. The molecule has 1 aliphatic carbocycles. The Morgan fingerprint density at radius 1 is 1.19 bits per heavy atom. The largest absolute Gasteiger partial charge is 0.490 e. The number of carboxylic acid groups (broad SMARTS) is 2. The summed E-state index contributed by atoms with van der Waals surface area (Å²) in [6.45, 7) is 0.814. The second kappa shape index (κ2) is 10.6. The van der Waals surface area contributed by atoms with Gasteiger partial charge in [-0.25, -0.2) is 9.18 Å². The van der Waals surface area contributed by atoms with Crippen LogP contribution >= 0.6 is 0 Å². The van der Waals surface area contributed by atoms with Gasteiger partial charge in [-0.05, 0) is 37.3 Å². The molecule has 2 aromatic rings. The summed E-state index contributed by atoms with van der Waals surface area (Å²) in [4.78, 5) is 19.9. The van der Waals surface area contributed by atoms with E-state index in [0.717, 1.165) is 16.8 Å². The number of rotatable bonds is 6. The smallest absolute Gasteiger partial charge is 0.481 e. The molecule has 1 heterocycles. The Hall–Kier alpha value is -2.95. The van der Waals surface area contributed by atoms with Crippen molar-refractivity contribution in [3.8, 4) is 11.3 Å². The molecule has 3 rings (SSSR count). The highest BCUT2D eigenvalue weighted by Crippen LogP contribution is 2.35. The summed E-state index contributed by atoms with van der Waals surface area (Å²) < 4.78 is 48.4. The third-order valence-corrected chi connectivity index (χ3v) is 5.34. The fourth-order valence-electron chi connectivity index (χ4n) is 3.54. The molecule has 32 heavy (non-hydrogen) atoms. The van der Waals surface area contributed by atoms with Crippen LogP contribution in [0.5, 0.6) is 0 Å². The zero-order valence-corrected chi connectivity index (χ0v) is 17.4. The van der Waals surface area contributed by atoms with Gasteiger partial charge in [-0.15, -0.1) is 0 Å². The Morgan fingerprint density at radius 2 is 1.78 bits per heavy atom. The van der Waals surface area contributed by atoms with Crippen molar-refractivity contribution in [2.45, 2.75) is 44.1 Å². The maximum Gasteiger partial charge on any atom is 0.490 e. The van der Waals surface area contributed by atoms with Gasteiger partial charge in [0.15, 0.2) is 0 Å². The number of aromatic nitrogens is 2. The Kier molecular flexibility index (Phi) is 8.37. The van der Waals surface area contributed by atoms with Crippen LogP contribution in [-0.4, -0.2) is 50.3 Å². The van der Waals surface area contributed by atoms with Crippen LogP contribution in [0.15, 0.2) is 36.5 Å².